The third kappa shape index (κ3) is 6.62. The Labute approximate surface area is 223 Å². The number of carbonyl (C=O) groups is 1. The van der Waals surface area contributed by atoms with Gasteiger partial charge in [-0.05, 0) is 72.5 Å². The predicted molar refractivity (Wildman–Crippen MR) is 148 cm³/mol. The normalized spacial score (nSPS) is 11.5. The van der Waals surface area contributed by atoms with Crippen molar-refractivity contribution in [1.82, 2.24) is 14.9 Å². The highest BCUT2D eigenvalue weighted by molar-refractivity contribution is 9.10. The summed E-state index contributed by atoms with van der Waals surface area (Å²) in [6.45, 7) is 0.179. The van der Waals surface area contributed by atoms with Gasteiger partial charge in [-0.3, -0.25) is 4.79 Å². The molecule has 3 aromatic carbocycles. The molecular weight excluding hydrogens is 558 g/mol. The minimum Gasteiger partial charge on any atom is -0.497 e. The predicted octanol–water partition coefficient (Wildman–Crippen LogP) is 4.62. The number of anilines is 3. The van der Waals surface area contributed by atoms with Gasteiger partial charge < -0.3 is 20.3 Å². The molecule has 0 bridgehead atoms. The van der Waals surface area contributed by atoms with E-state index in [1.165, 1.54) is 12.1 Å². The van der Waals surface area contributed by atoms with Gasteiger partial charge in [-0.25, -0.2) is 18.4 Å². The van der Waals surface area contributed by atoms with Crippen molar-refractivity contribution in [3.63, 3.8) is 0 Å². The summed E-state index contributed by atoms with van der Waals surface area (Å²) in [5.74, 6) is 0.299. The van der Waals surface area contributed by atoms with Gasteiger partial charge in [-0.15, -0.1) is 0 Å². The zero-order chi connectivity index (χ0) is 26.6. The van der Waals surface area contributed by atoms with Crippen LogP contribution < -0.4 is 15.4 Å². The Morgan fingerprint density at radius 1 is 1.00 bits per heavy atom. The van der Waals surface area contributed by atoms with E-state index in [0.717, 1.165) is 4.47 Å². The molecule has 2 N–H and O–H groups in total. The molecule has 0 unspecified atom stereocenters. The number of nitrogens with one attached hydrogen (secondary N) is 2. The van der Waals surface area contributed by atoms with Crippen molar-refractivity contribution in [2.75, 3.05) is 38.4 Å². The summed E-state index contributed by atoms with van der Waals surface area (Å²) in [6, 6.07) is 18.8. The summed E-state index contributed by atoms with van der Waals surface area (Å²) in [5, 5.41) is 5.94. The number of rotatable bonds is 9. The van der Waals surface area contributed by atoms with Gasteiger partial charge in [0.25, 0.3) is 0 Å². The number of para-hydroxylation sites is 2. The van der Waals surface area contributed by atoms with E-state index in [1.807, 2.05) is 24.3 Å². The lowest BCUT2D eigenvalue weighted by molar-refractivity contribution is -0.116. The lowest BCUT2D eigenvalue weighted by Crippen LogP contribution is -2.27. The van der Waals surface area contributed by atoms with Gasteiger partial charge in [-0.1, -0.05) is 18.2 Å². The fraction of sp³-hybridized carbons (Fsp3) is 0.192. The van der Waals surface area contributed by atoms with E-state index >= 15 is 0 Å². The molecular formula is C26H26BrN5O4S. The number of sulfone groups is 1. The smallest absolute Gasteiger partial charge is 0.238 e. The third-order valence-corrected chi connectivity index (χ3v) is 7.65. The average molecular weight is 584 g/mol. The van der Waals surface area contributed by atoms with E-state index in [2.05, 4.69) is 36.5 Å². The summed E-state index contributed by atoms with van der Waals surface area (Å²) in [5.41, 5.74) is 2.50. The third-order valence-electron chi connectivity index (χ3n) is 5.33. The first-order chi connectivity index (χ1) is 17.6. The highest BCUT2D eigenvalue weighted by Gasteiger charge is 2.22. The molecule has 1 amide bonds. The number of fused-ring (bicyclic) bond motifs is 1. The van der Waals surface area contributed by atoms with Crippen LogP contribution >= 0.6 is 15.9 Å². The van der Waals surface area contributed by atoms with E-state index in [9.17, 15) is 13.2 Å². The van der Waals surface area contributed by atoms with Crippen molar-refractivity contribution in [2.45, 2.75) is 10.6 Å². The molecule has 0 aliphatic heterocycles. The van der Waals surface area contributed by atoms with Crippen LogP contribution in [0.4, 0.5) is 17.2 Å². The summed E-state index contributed by atoms with van der Waals surface area (Å²) >= 11 is 3.51. The van der Waals surface area contributed by atoms with Gasteiger partial charge in [0, 0.05) is 16.2 Å². The second-order valence-corrected chi connectivity index (χ2v) is 11.4. The Hall–Kier alpha value is -3.54. The molecule has 4 aromatic rings. The zero-order valence-electron chi connectivity index (χ0n) is 20.5. The molecule has 0 atom stereocenters. The van der Waals surface area contributed by atoms with Crippen LogP contribution in [0.25, 0.3) is 11.0 Å². The number of benzene rings is 3. The second kappa shape index (κ2) is 11.2. The van der Waals surface area contributed by atoms with Crippen LogP contribution in [0.2, 0.25) is 0 Å². The first-order valence-electron chi connectivity index (χ1n) is 11.3. The Kier molecular flexibility index (Phi) is 8.06. The number of amides is 1. The van der Waals surface area contributed by atoms with Crippen LogP contribution in [0.15, 0.2) is 76.1 Å². The standard InChI is InChI=1S/C26H26BrN5O4S/c1-32(2)15-25(33)28-17-7-6-8-19(13-17)37(34,35)16-24-26(30-22-10-5-4-9-21(22)29-24)31-23-14-18(36-3)11-12-20(23)27/h4-14H,15-16H2,1-3H3,(H,28,33)(H,30,31). The van der Waals surface area contributed by atoms with Gasteiger partial charge >= 0.3 is 0 Å². The number of hydrogen-bond acceptors (Lipinski definition) is 8. The van der Waals surface area contributed by atoms with Gasteiger partial charge in [0.2, 0.25) is 5.91 Å². The van der Waals surface area contributed by atoms with Crippen LogP contribution in [0.3, 0.4) is 0 Å². The minimum atomic E-state index is -3.84. The maximum Gasteiger partial charge on any atom is 0.238 e. The molecule has 0 aliphatic rings. The maximum atomic E-state index is 13.5. The summed E-state index contributed by atoms with van der Waals surface area (Å²) in [7, 11) is 1.28. The Morgan fingerprint density at radius 3 is 2.43 bits per heavy atom. The highest BCUT2D eigenvalue weighted by Crippen LogP contribution is 2.32. The molecule has 0 radical (unpaired) electrons. The van der Waals surface area contributed by atoms with Crippen molar-refractivity contribution >= 4 is 59.9 Å². The van der Waals surface area contributed by atoms with Crippen molar-refractivity contribution in [3.05, 3.63) is 76.9 Å². The zero-order valence-corrected chi connectivity index (χ0v) is 22.9. The molecule has 0 saturated heterocycles. The number of methoxy groups -OCH3 is 1. The lowest BCUT2D eigenvalue weighted by atomic mass is 10.2. The Balaban J connectivity index is 1.70. The summed E-state index contributed by atoms with van der Waals surface area (Å²) < 4.78 is 33.0. The van der Waals surface area contributed by atoms with E-state index in [1.54, 1.807) is 56.4 Å². The summed E-state index contributed by atoms with van der Waals surface area (Å²) in [6.07, 6.45) is 0. The molecule has 0 saturated carbocycles. The van der Waals surface area contributed by atoms with Crippen molar-refractivity contribution in [2.24, 2.45) is 0 Å². The fourth-order valence-electron chi connectivity index (χ4n) is 3.61. The van der Waals surface area contributed by atoms with Gasteiger partial charge in [0.1, 0.15) is 11.5 Å². The van der Waals surface area contributed by atoms with Crippen LogP contribution in [0, 0.1) is 0 Å². The molecule has 1 heterocycles. The molecule has 0 aliphatic carbocycles. The number of ether oxygens (including phenoxy) is 1. The number of halogens is 1. The maximum absolute atomic E-state index is 13.5. The van der Waals surface area contributed by atoms with Crippen LogP contribution in [0.5, 0.6) is 5.75 Å². The van der Waals surface area contributed by atoms with E-state index < -0.39 is 15.6 Å². The van der Waals surface area contributed by atoms with E-state index in [4.69, 9.17) is 4.74 Å². The van der Waals surface area contributed by atoms with E-state index in [-0.39, 0.29) is 23.0 Å². The molecule has 192 valence electrons. The Morgan fingerprint density at radius 2 is 1.73 bits per heavy atom. The van der Waals surface area contributed by atoms with Gasteiger partial charge in [0.15, 0.2) is 15.7 Å². The number of nitrogens with zero attached hydrogens (tertiary/aromatic N) is 3. The van der Waals surface area contributed by atoms with Gasteiger partial charge in [0.05, 0.1) is 41.0 Å². The minimum absolute atomic E-state index is 0.0682. The van der Waals surface area contributed by atoms with E-state index in [0.29, 0.717) is 34.0 Å². The molecule has 1 aromatic heterocycles. The highest BCUT2D eigenvalue weighted by atomic mass is 79.9. The average Bonchev–Trinajstić information content (AvgIpc) is 2.85. The molecule has 0 spiro atoms. The molecule has 4 rings (SSSR count). The van der Waals surface area contributed by atoms with Crippen LogP contribution in [-0.2, 0) is 20.4 Å². The monoisotopic (exact) mass is 583 g/mol. The van der Waals surface area contributed by atoms with Crippen LogP contribution in [-0.4, -0.2) is 56.9 Å². The first kappa shape index (κ1) is 26.5. The number of aromatic nitrogens is 2. The largest absolute Gasteiger partial charge is 0.497 e. The van der Waals surface area contributed by atoms with Crippen molar-refractivity contribution in [3.8, 4) is 5.75 Å². The molecule has 0 fully saturated rings. The van der Waals surface area contributed by atoms with Gasteiger partial charge in [-0.2, -0.15) is 0 Å². The SMILES string of the molecule is COc1ccc(Br)c(Nc2nc3ccccc3nc2CS(=O)(=O)c2cccc(NC(=O)CN(C)C)c2)c1. The molecule has 9 nitrogen and oxygen atoms in total. The fourth-order valence-corrected chi connectivity index (χ4v) is 5.28. The second-order valence-electron chi connectivity index (χ2n) is 8.55. The number of likely N-dealkylation sites (N-methyl/N-ethyl adjacent to an activating group) is 1. The number of hydrogen-bond donors (Lipinski definition) is 2. The van der Waals surface area contributed by atoms with Crippen molar-refractivity contribution < 1.29 is 17.9 Å². The lowest BCUT2D eigenvalue weighted by Gasteiger charge is -2.15. The quantitative estimate of drug-likeness (QED) is 0.293. The van der Waals surface area contributed by atoms with Crippen LogP contribution in [0.1, 0.15) is 5.69 Å². The number of carbonyl (C=O) groups excluding carboxylic acids is 1. The summed E-state index contributed by atoms with van der Waals surface area (Å²) in [4.78, 5) is 23.2. The van der Waals surface area contributed by atoms with Crippen molar-refractivity contribution in [1.29, 1.82) is 0 Å². The molecule has 37 heavy (non-hydrogen) atoms. The molecule has 11 heteroatoms. The first-order valence-corrected chi connectivity index (χ1v) is 13.7. The topological polar surface area (TPSA) is 114 Å². The Bertz CT molecular complexity index is 1560.